The standard InChI is InChI=1S/C21H32O4/c1-2-3-4-8-17(22)10-11-18-19-13-15(7-5-6-9-21(24)25)12-16(19)14-20(18)23/h7,16-20,22-23H,2-6,8-9,12-14H2,1H3,(H,24,25)/t16-,17-,18+,19-,20+/m0/s1. The molecule has 2 aliphatic rings. The van der Waals surface area contributed by atoms with E-state index in [2.05, 4.69) is 24.8 Å². The molecule has 4 heteroatoms. The summed E-state index contributed by atoms with van der Waals surface area (Å²) in [5, 5.41) is 29.0. The van der Waals surface area contributed by atoms with Crippen molar-refractivity contribution in [3.63, 3.8) is 0 Å². The molecule has 0 spiro atoms. The number of carboxylic acid groups (broad SMARTS) is 1. The number of carbonyl (C=O) groups is 1. The maximum Gasteiger partial charge on any atom is 0.303 e. The van der Waals surface area contributed by atoms with Crippen molar-refractivity contribution in [2.75, 3.05) is 0 Å². The lowest BCUT2D eigenvalue weighted by atomic mass is 9.91. The monoisotopic (exact) mass is 348 g/mol. The van der Waals surface area contributed by atoms with Crippen molar-refractivity contribution < 1.29 is 20.1 Å². The van der Waals surface area contributed by atoms with Gasteiger partial charge in [0.25, 0.3) is 0 Å². The van der Waals surface area contributed by atoms with Crippen molar-refractivity contribution in [2.24, 2.45) is 17.8 Å². The first-order valence-corrected chi connectivity index (χ1v) is 9.78. The van der Waals surface area contributed by atoms with Crippen LogP contribution in [0.5, 0.6) is 0 Å². The third kappa shape index (κ3) is 6.17. The van der Waals surface area contributed by atoms with Gasteiger partial charge in [-0.1, -0.05) is 43.3 Å². The summed E-state index contributed by atoms with van der Waals surface area (Å²) in [5.41, 5.74) is 1.39. The van der Waals surface area contributed by atoms with Crippen LogP contribution in [0.25, 0.3) is 0 Å². The topological polar surface area (TPSA) is 77.8 Å². The highest BCUT2D eigenvalue weighted by Gasteiger charge is 2.45. The predicted molar refractivity (Wildman–Crippen MR) is 97.8 cm³/mol. The molecule has 0 heterocycles. The molecule has 25 heavy (non-hydrogen) atoms. The van der Waals surface area contributed by atoms with Crippen LogP contribution < -0.4 is 0 Å². The van der Waals surface area contributed by atoms with Gasteiger partial charge in [0.2, 0.25) is 0 Å². The Morgan fingerprint density at radius 2 is 2.12 bits per heavy atom. The van der Waals surface area contributed by atoms with Gasteiger partial charge in [0.1, 0.15) is 6.10 Å². The Bertz CT molecular complexity index is 528. The first-order valence-electron chi connectivity index (χ1n) is 9.78. The molecule has 0 bridgehead atoms. The first-order chi connectivity index (χ1) is 12.0. The second-order valence-electron chi connectivity index (χ2n) is 7.61. The third-order valence-electron chi connectivity index (χ3n) is 5.57. The van der Waals surface area contributed by atoms with E-state index in [0.29, 0.717) is 24.7 Å². The summed E-state index contributed by atoms with van der Waals surface area (Å²) in [6.45, 7) is 2.14. The molecule has 0 aromatic carbocycles. The van der Waals surface area contributed by atoms with E-state index in [4.69, 9.17) is 5.11 Å². The highest BCUT2D eigenvalue weighted by atomic mass is 16.4. The molecule has 0 aromatic rings. The number of allylic oxidation sites excluding steroid dienone is 2. The Morgan fingerprint density at radius 3 is 2.84 bits per heavy atom. The summed E-state index contributed by atoms with van der Waals surface area (Å²) in [4.78, 5) is 10.6. The minimum atomic E-state index is -0.738. The summed E-state index contributed by atoms with van der Waals surface area (Å²) in [5.74, 6) is 6.24. The molecule has 2 fully saturated rings. The molecule has 4 nitrogen and oxygen atoms in total. The number of hydrogen-bond acceptors (Lipinski definition) is 3. The Hall–Kier alpha value is -1.31. The van der Waals surface area contributed by atoms with E-state index >= 15 is 0 Å². The zero-order valence-electron chi connectivity index (χ0n) is 15.3. The average Bonchev–Trinajstić information content (AvgIpc) is 3.06. The van der Waals surface area contributed by atoms with Crippen LogP contribution in [0.15, 0.2) is 11.6 Å². The zero-order valence-corrected chi connectivity index (χ0v) is 15.3. The van der Waals surface area contributed by atoms with Gasteiger partial charge in [0.05, 0.1) is 6.10 Å². The molecule has 2 saturated carbocycles. The molecule has 0 unspecified atom stereocenters. The maximum absolute atomic E-state index is 10.6. The molecule has 0 saturated heterocycles. The van der Waals surface area contributed by atoms with E-state index in [1.165, 1.54) is 5.57 Å². The molecule has 2 rings (SSSR count). The summed E-state index contributed by atoms with van der Waals surface area (Å²) < 4.78 is 0. The fourth-order valence-electron chi connectivity index (χ4n) is 4.24. The Balaban J connectivity index is 1.85. The van der Waals surface area contributed by atoms with Crippen LogP contribution >= 0.6 is 0 Å². The van der Waals surface area contributed by atoms with Crippen LogP contribution in [0.3, 0.4) is 0 Å². The molecular formula is C21H32O4. The van der Waals surface area contributed by atoms with E-state index in [1.54, 1.807) is 0 Å². The van der Waals surface area contributed by atoms with Crippen molar-refractivity contribution in [3.8, 4) is 11.8 Å². The minimum absolute atomic E-state index is 0.0317. The Kier molecular flexibility index (Phi) is 7.99. The summed E-state index contributed by atoms with van der Waals surface area (Å²) in [6.07, 6.45) is 9.68. The van der Waals surface area contributed by atoms with Gasteiger partial charge in [0.15, 0.2) is 0 Å². The van der Waals surface area contributed by atoms with Crippen LogP contribution in [0, 0.1) is 29.6 Å². The second-order valence-corrected chi connectivity index (χ2v) is 7.61. The van der Waals surface area contributed by atoms with E-state index in [0.717, 1.165) is 44.9 Å². The smallest absolute Gasteiger partial charge is 0.303 e. The number of unbranched alkanes of at least 4 members (excludes halogenated alkanes) is 3. The second kappa shape index (κ2) is 9.99. The fraction of sp³-hybridized carbons (Fsp3) is 0.762. The van der Waals surface area contributed by atoms with Gasteiger partial charge < -0.3 is 15.3 Å². The normalized spacial score (nSPS) is 30.8. The van der Waals surface area contributed by atoms with Crippen LogP contribution in [-0.4, -0.2) is 33.5 Å². The Morgan fingerprint density at radius 1 is 1.32 bits per heavy atom. The molecule has 3 N–H and O–H groups in total. The van der Waals surface area contributed by atoms with Gasteiger partial charge in [-0.3, -0.25) is 4.79 Å². The van der Waals surface area contributed by atoms with E-state index in [1.807, 2.05) is 0 Å². The van der Waals surface area contributed by atoms with Gasteiger partial charge >= 0.3 is 5.97 Å². The SMILES string of the molecule is CCCCC[C@H](O)C#C[C@@H]1[C@H]2CC(=CCCCC(=O)O)C[C@H]2C[C@H]1O. The number of aliphatic hydroxyl groups is 2. The molecule has 2 aliphatic carbocycles. The molecule has 5 atom stereocenters. The number of carboxylic acids is 1. The quantitative estimate of drug-likeness (QED) is 0.356. The summed E-state index contributed by atoms with van der Waals surface area (Å²) in [7, 11) is 0. The predicted octanol–water partition coefficient (Wildman–Crippen LogP) is 3.52. The van der Waals surface area contributed by atoms with Crippen molar-refractivity contribution in [1.82, 2.24) is 0 Å². The van der Waals surface area contributed by atoms with Crippen molar-refractivity contribution in [2.45, 2.75) is 83.3 Å². The molecule has 0 aliphatic heterocycles. The lowest BCUT2D eigenvalue weighted by molar-refractivity contribution is -0.137. The number of fused-ring (bicyclic) bond motifs is 1. The maximum atomic E-state index is 10.6. The fourth-order valence-corrected chi connectivity index (χ4v) is 4.24. The molecule has 140 valence electrons. The van der Waals surface area contributed by atoms with E-state index in [9.17, 15) is 15.0 Å². The molecule has 0 aromatic heterocycles. The highest BCUT2D eigenvalue weighted by molar-refractivity contribution is 5.66. The van der Waals surface area contributed by atoms with Crippen LogP contribution in [0.4, 0.5) is 0 Å². The lowest BCUT2D eigenvalue weighted by Gasteiger charge is -2.15. The van der Waals surface area contributed by atoms with Gasteiger partial charge in [-0.2, -0.15) is 0 Å². The molecular weight excluding hydrogens is 316 g/mol. The van der Waals surface area contributed by atoms with Crippen molar-refractivity contribution in [3.05, 3.63) is 11.6 Å². The van der Waals surface area contributed by atoms with Gasteiger partial charge in [0, 0.05) is 12.3 Å². The first kappa shape index (κ1) is 20.0. The number of aliphatic carboxylic acids is 1. The Labute approximate surface area is 151 Å². The van der Waals surface area contributed by atoms with Gasteiger partial charge in [-0.15, -0.1) is 0 Å². The average molecular weight is 348 g/mol. The van der Waals surface area contributed by atoms with Gasteiger partial charge in [-0.25, -0.2) is 0 Å². The van der Waals surface area contributed by atoms with Crippen LogP contribution in [0.1, 0.15) is 71.1 Å². The lowest BCUT2D eigenvalue weighted by Crippen LogP contribution is -2.18. The summed E-state index contributed by atoms with van der Waals surface area (Å²) in [6, 6.07) is 0. The van der Waals surface area contributed by atoms with E-state index in [-0.39, 0.29) is 18.4 Å². The largest absolute Gasteiger partial charge is 0.481 e. The zero-order chi connectivity index (χ0) is 18.2. The molecule has 0 amide bonds. The number of rotatable bonds is 8. The number of aliphatic hydroxyl groups excluding tert-OH is 2. The van der Waals surface area contributed by atoms with E-state index < -0.39 is 12.1 Å². The minimum Gasteiger partial charge on any atom is -0.481 e. The third-order valence-corrected chi connectivity index (χ3v) is 5.57. The van der Waals surface area contributed by atoms with Crippen LogP contribution in [-0.2, 0) is 4.79 Å². The van der Waals surface area contributed by atoms with Crippen molar-refractivity contribution in [1.29, 1.82) is 0 Å². The summed E-state index contributed by atoms with van der Waals surface area (Å²) >= 11 is 0. The van der Waals surface area contributed by atoms with Gasteiger partial charge in [-0.05, 0) is 56.8 Å². The van der Waals surface area contributed by atoms with Crippen molar-refractivity contribution >= 4 is 5.97 Å². The molecule has 0 radical (unpaired) electrons. The number of hydrogen-bond donors (Lipinski definition) is 3. The van der Waals surface area contributed by atoms with Crippen LogP contribution in [0.2, 0.25) is 0 Å². The highest BCUT2D eigenvalue weighted by Crippen LogP contribution is 2.49.